The van der Waals surface area contributed by atoms with Gasteiger partial charge in [0.05, 0.1) is 14.2 Å². The van der Waals surface area contributed by atoms with Crippen LogP contribution in [0.1, 0.15) is 108 Å². The summed E-state index contributed by atoms with van der Waals surface area (Å²) >= 11 is 0. The van der Waals surface area contributed by atoms with E-state index in [1.165, 1.54) is 30.4 Å². The first-order valence-electron chi connectivity index (χ1n) is 12.5. The number of amides is 1. The van der Waals surface area contributed by atoms with E-state index >= 15 is 0 Å². The van der Waals surface area contributed by atoms with Gasteiger partial charge in [0, 0.05) is 17.7 Å². The van der Waals surface area contributed by atoms with Crippen LogP contribution in [-0.4, -0.2) is 20.1 Å². The van der Waals surface area contributed by atoms with Crippen LogP contribution in [0.4, 0.5) is 5.69 Å². The van der Waals surface area contributed by atoms with Crippen molar-refractivity contribution >= 4 is 11.6 Å². The van der Waals surface area contributed by atoms with Gasteiger partial charge in [0.2, 0.25) is 5.91 Å². The lowest BCUT2D eigenvalue weighted by molar-refractivity contribution is -0.116. The SMILES string of the molecule is CCCCCCC(CC(=O)Nc1c(C(C)C)cccc1C(C)C)c1cccc(OC)c1OC. The van der Waals surface area contributed by atoms with E-state index in [1.807, 2.05) is 12.1 Å². The summed E-state index contributed by atoms with van der Waals surface area (Å²) in [6, 6.07) is 12.3. The van der Waals surface area contributed by atoms with Crippen molar-refractivity contribution in [2.45, 2.75) is 90.9 Å². The molecular weight excluding hydrogens is 410 g/mol. The zero-order valence-electron chi connectivity index (χ0n) is 21.7. The van der Waals surface area contributed by atoms with Crippen molar-refractivity contribution in [2.24, 2.45) is 0 Å². The van der Waals surface area contributed by atoms with Gasteiger partial charge in [-0.2, -0.15) is 0 Å². The van der Waals surface area contributed by atoms with Crippen LogP contribution in [0.2, 0.25) is 0 Å². The molecule has 1 atom stereocenters. The van der Waals surface area contributed by atoms with Gasteiger partial charge in [0.15, 0.2) is 11.5 Å². The molecule has 4 nitrogen and oxygen atoms in total. The molecule has 0 spiro atoms. The summed E-state index contributed by atoms with van der Waals surface area (Å²) in [5.41, 5.74) is 4.40. The maximum Gasteiger partial charge on any atom is 0.225 e. The fourth-order valence-corrected chi connectivity index (χ4v) is 4.53. The number of anilines is 1. The number of carbonyl (C=O) groups excluding carboxylic acids is 1. The van der Waals surface area contributed by atoms with Gasteiger partial charge in [-0.05, 0) is 41.4 Å². The van der Waals surface area contributed by atoms with Crippen LogP contribution >= 0.6 is 0 Å². The number of para-hydroxylation sites is 2. The van der Waals surface area contributed by atoms with E-state index < -0.39 is 0 Å². The number of carbonyl (C=O) groups is 1. The Balaban J connectivity index is 2.34. The molecule has 1 amide bonds. The molecule has 0 fully saturated rings. The summed E-state index contributed by atoms with van der Waals surface area (Å²) in [5.74, 6) is 2.24. The molecule has 4 heteroatoms. The minimum atomic E-state index is 0.0513. The molecule has 0 aliphatic heterocycles. The average Bonchev–Trinajstić information content (AvgIpc) is 2.80. The van der Waals surface area contributed by atoms with Crippen molar-refractivity contribution in [3.8, 4) is 11.5 Å². The molecule has 2 aromatic carbocycles. The molecule has 1 N–H and O–H groups in total. The summed E-state index contributed by atoms with van der Waals surface area (Å²) in [6.45, 7) is 10.9. The summed E-state index contributed by atoms with van der Waals surface area (Å²) < 4.78 is 11.2. The second-order valence-corrected chi connectivity index (χ2v) is 9.50. The van der Waals surface area contributed by atoms with Crippen LogP contribution in [0.15, 0.2) is 36.4 Å². The van der Waals surface area contributed by atoms with E-state index in [2.05, 4.69) is 64.2 Å². The van der Waals surface area contributed by atoms with Gasteiger partial charge in [-0.1, -0.05) is 90.6 Å². The van der Waals surface area contributed by atoms with Crippen LogP contribution in [0.5, 0.6) is 11.5 Å². The molecule has 0 aliphatic rings. The summed E-state index contributed by atoms with van der Waals surface area (Å²) in [4.78, 5) is 13.4. The van der Waals surface area contributed by atoms with E-state index in [1.54, 1.807) is 14.2 Å². The van der Waals surface area contributed by atoms with E-state index in [0.717, 1.165) is 29.8 Å². The van der Waals surface area contributed by atoms with Gasteiger partial charge in [-0.25, -0.2) is 0 Å². The summed E-state index contributed by atoms with van der Waals surface area (Å²) in [5, 5.41) is 3.30. The maximum absolute atomic E-state index is 13.4. The molecule has 0 bridgehead atoms. The summed E-state index contributed by atoms with van der Waals surface area (Å²) in [7, 11) is 3.32. The van der Waals surface area contributed by atoms with Crippen LogP contribution in [-0.2, 0) is 4.79 Å². The molecule has 0 saturated heterocycles. The van der Waals surface area contributed by atoms with Crippen LogP contribution in [0.3, 0.4) is 0 Å². The number of rotatable bonds is 13. The minimum Gasteiger partial charge on any atom is -0.493 e. The quantitative estimate of drug-likeness (QED) is 0.312. The van der Waals surface area contributed by atoms with E-state index in [-0.39, 0.29) is 11.8 Å². The number of ether oxygens (including phenoxy) is 2. The van der Waals surface area contributed by atoms with Gasteiger partial charge >= 0.3 is 0 Å². The van der Waals surface area contributed by atoms with E-state index in [4.69, 9.17) is 9.47 Å². The molecule has 33 heavy (non-hydrogen) atoms. The molecule has 2 aromatic rings. The van der Waals surface area contributed by atoms with Gasteiger partial charge in [0.25, 0.3) is 0 Å². The monoisotopic (exact) mass is 453 g/mol. The van der Waals surface area contributed by atoms with Crippen molar-refractivity contribution in [1.82, 2.24) is 0 Å². The predicted molar refractivity (Wildman–Crippen MR) is 139 cm³/mol. The van der Waals surface area contributed by atoms with Crippen molar-refractivity contribution in [1.29, 1.82) is 0 Å². The van der Waals surface area contributed by atoms with E-state index in [0.29, 0.717) is 24.0 Å². The Bertz CT molecular complexity index is 862. The third-order valence-corrected chi connectivity index (χ3v) is 6.35. The molecule has 2 rings (SSSR count). The lowest BCUT2D eigenvalue weighted by Gasteiger charge is -2.23. The van der Waals surface area contributed by atoms with Crippen LogP contribution in [0.25, 0.3) is 0 Å². The highest BCUT2D eigenvalue weighted by atomic mass is 16.5. The topological polar surface area (TPSA) is 47.6 Å². The highest BCUT2D eigenvalue weighted by Gasteiger charge is 2.23. The Morgan fingerprint density at radius 2 is 1.45 bits per heavy atom. The van der Waals surface area contributed by atoms with Crippen molar-refractivity contribution in [3.63, 3.8) is 0 Å². The Labute approximate surface area is 201 Å². The number of benzene rings is 2. The number of methoxy groups -OCH3 is 2. The fraction of sp³-hybridized carbons (Fsp3) is 0.552. The lowest BCUT2D eigenvalue weighted by Crippen LogP contribution is -2.19. The standard InChI is InChI=1S/C29H43NO3/c1-8-9-10-11-14-22(25-17-13-18-26(32-6)29(25)33-7)19-27(31)30-28-23(20(2)3)15-12-16-24(28)21(4)5/h12-13,15-18,20-22H,8-11,14,19H2,1-7H3,(H,30,31). The first-order chi connectivity index (χ1) is 15.8. The molecule has 0 aromatic heterocycles. The number of nitrogens with one attached hydrogen (secondary N) is 1. The molecule has 0 aliphatic carbocycles. The fourth-order valence-electron chi connectivity index (χ4n) is 4.53. The largest absolute Gasteiger partial charge is 0.493 e. The van der Waals surface area contributed by atoms with Gasteiger partial charge in [-0.15, -0.1) is 0 Å². The van der Waals surface area contributed by atoms with Crippen LogP contribution < -0.4 is 14.8 Å². The minimum absolute atomic E-state index is 0.0513. The van der Waals surface area contributed by atoms with E-state index in [9.17, 15) is 4.79 Å². The lowest BCUT2D eigenvalue weighted by atomic mass is 9.88. The first-order valence-corrected chi connectivity index (χ1v) is 12.5. The maximum atomic E-state index is 13.4. The van der Waals surface area contributed by atoms with Crippen molar-refractivity contribution < 1.29 is 14.3 Å². The third-order valence-electron chi connectivity index (χ3n) is 6.35. The smallest absolute Gasteiger partial charge is 0.225 e. The van der Waals surface area contributed by atoms with Crippen molar-refractivity contribution in [3.05, 3.63) is 53.1 Å². The zero-order chi connectivity index (χ0) is 24.4. The van der Waals surface area contributed by atoms with Crippen molar-refractivity contribution in [2.75, 3.05) is 19.5 Å². The Morgan fingerprint density at radius 1 is 0.848 bits per heavy atom. The average molecular weight is 454 g/mol. The second-order valence-electron chi connectivity index (χ2n) is 9.50. The van der Waals surface area contributed by atoms with Gasteiger partial charge in [0.1, 0.15) is 0 Å². The molecular formula is C29H43NO3. The Kier molecular flexibility index (Phi) is 10.8. The Morgan fingerprint density at radius 3 is 2.00 bits per heavy atom. The normalized spacial score (nSPS) is 12.2. The summed E-state index contributed by atoms with van der Waals surface area (Å²) in [6.07, 6.45) is 6.03. The number of unbranched alkanes of at least 4 members (excludes halogenated alkanes) is 3. The molecule has 182 valence electrons. The third kappa shape index (κ3) is 7.25. The van der Waals surface area contributed by atoms with Crippen LogP contribution in [0, 0.1) is 0 Å². The zero-order valence-corrected chi connectivity index (χ0v) is 21.7. The highest BCUT2D eigenvalue weighted by molar-refractivity contribution is 5.93. The molecule has 1 unspecified atom stereocenters. The highest BCUT2D eigenvalue weighted by Crippen LogP contribution is 2.40. The number of hydrogen-bond acceptors (Lipinski definition) is 3. The predicted octanol–water partition coefficient (Wildman–Crippen LogP) is 8.03. The van der Waals surface area contributed by atoms with Gasteiger partial charge in [-0.3, -0.25) is 4.79 Å². The second kappa shape index (κ2) is 13.3. The molecule has 0 saturated carbocycles. The Hall–Kier alpha value is -2.49. The number of hydrogen-bond donors (Lipinski definition) is 1. The molecule has 0 radical (unpaired) electrons. The molecule has 0 heterocycles. The van der Waals surface area contributed by atoms with Gasteiger partial charge < -0.3 is 14.8 Å². The first kappa shape index (κ1) is 26.8.